The first-order chi connectivity index (χ1) is 19.8. The van der Waals surface area contributed by atoms with Gasteiger partial charge in [0.25, 0.3) is 6.71 Å². The lowest BCUT2D eigenvalue weighted by molar-refractivity contribution is 1.14. The minimum atomic E-state index is 0.178. The van der Waals surface area contributed by atoms with Crippen molar-refractivity contribution in [2.45, 2.75) is 6.92 Å². The van der Waals surface area contributed by atoms with Crippen molar-refractivity contribution in [2.75, 3.05) is 0 Å². The monoisotopic (exact) mass is 506 g/mol. The van der Waals surface area contributed by atoms with Crippen LogP contribution in [-0.4, -0.2) is 15.8 Å². The Balaban J connectivity index is 1.48. The number of nitrogens with zero attached hydrogens (tertiary/aromatic N) is 2. The van der Waals surface area contributed by atoms with Gasteiger partial charge in [0.1, 0.15) is 0 Å². The zero-order valence-electron chi connectivity index (χ0n) is 22.0. The summed E-state index contributed by atoms with van der Waals surface area (Å²) >= 11 is 0. The zero-order valence-corrected chi connectivity index (χ0v) is 22.0. The van der Waals surface area contributed by atoms with E-state index < -0.39 is 0 Å². The molecule has 2 aliphatic heterocycles. The first-order valence-electron chi connectivity index (χ1n) is 14.1. The third-order valence-corrected chi connectivity index (χ3v) is 9.33. The molecule has 184 valence electrons. The van der Waals surface area contributed by atoms with Crippen LogP contribution in [0.5, 0.6) is 0 Å². The van der Waals surface area contributed by atoms with Crippen LogP contribution in [0.1, 0.15) is 5.56 Å². The van der Waals surface area contributed by atoms with E-state index in [0.717, 1.165) is 0 Å². The van der Waals surface area contributed by atoms with Gasteiger partial charge in [-0.2, -0.15) is 0 Å². The van der Waals surface area contributed by atoms with Crippen LogP contribution >= 0.6 is 0 Å². The van der Waals surface area contributed by atoms with Crippen LogP contribution in [0, 0.1) is 6.92 Å². The lowest BCUT2D eigenvalue weighted by Crippen LogP contribution is -2.59. The van der Waals surface area contributed by atoms with Gasteiger partial charge >= 0.3 is 0 Å². The lowest BCUT2D eigenvalue weighted by Gasteiger charge is -2.34. The average Bonchev–Trinajstić information content (AvgIpc) is 3.52. The Kier molecular flexibility index (Phi) is 3.73. The molecule has 0 fully saturated rings. The highest BCUT2D eigenvalue weighted by Gasteiger charge is 2.40. The fraction of sp³-hybridized carbons (Fsp3) is 0.0270. The first-order valence-corrected chi connectivity index (χ1v) is 14.1. The van der Waals surface area contributed by atoms with Crippen molar-refractivity contribution in [1.82, 2.24) is 9.13 Å². The minimum Gasteiger partial charge on any atom is -0.310 e. The summed E-state index contributed by atoms with van der Waals surface area (Å²) in [5.41, 5.74) is 15.8. The maximum Gasteiger partial charge on any atom is 0.252 e. The van der Waals surface area contributed by atoms with Crippen molar-refractivity contribution in [3.8, 4) is 22.5 Å². The van der Waals surface area contributed by atoms with E-state index in [1.165, 1.54) is 88.1 Å². The predicted octanol–water partition coefficient (Wildman–Crippen LogP) is 7.00. The maximum atomic E-state index is 2.55. The molecule has 0 saturated carbocycles. The second-order valence-corrected chi connectivity index (χ2v) is 11.4. The second-order valence-electron chi connectivity index (χ2n) is 11.4. The molecule has 3 heteroatoms. The van der Waals surface area contributed by atoms with Gasteiger partial charge in [-0.05, 0) is 58.7 Å². The van der Waals surface area contributed by atoms with Crippen LogP contribution < -0.4 is 16.4 Å². The summed E-state index contributed by atoms with van der Waals surface area (Å²) in [7, 11) is 0. The van der Waals surface area contributed by atoms with Gasteiger partial charge < -0.3 is 9.13 Å². The molecule has 0 spiro atoms. The van der Waals surface area contributed by atoms with Gasteiger partial charge in [-0.15, -0.1) is 0 Å². The molecule has 0 saturated heterocycles. The molecule has 8 aromatic rings. The largest absolute Gasteiger partial charge is 0.310 e. The van der Waals surface area contributed by atoms with Crippen LogP contribution in [0.2, 0.25) is 0 Å². The minimum absolute atomic E-state index is 0.178. The van der Waals surface area contributed by atoms with Gasteiger partial charge in [0.15, 0.2) is 0 Å². The van der Waals surface area contributed by atoms with Crippen molar-refractivity contribution in [3.63, 3.8) is 0 Å². The molecule has 4 heterocycles. The fourth-order valence-corrected chi connectivity index (χ4v) is 7.82. The SMILES string of the molecule is Cc1cccc(-c2cc3c4c(c2)-n2c5ccccc5c5cccc(c52)B4c2cccc4c5ccccc5n-3c24)c1. The van der Waals surface area contributed by atoms with Gasteiger partial charge in [-0.3, -0.25) is 0 Å². The molecule has 0 unspecified atom stereocenters. The Bertz CT molecular complexity index is 2260. The number of fused-ring (bicyclic) bond motifs is 10. The van der Waals surface area contributed by atoms with Crippen LogP contribution in [-0.2, 0) is 0 Å². The highest BCUT2D eigenvalue weighted by molar-refractivity contribution is 7.00. The van der Waals surface area contributed by atoms with E-state index in [1.807, 2.05) is 0 Å². The normalized spacial score (nSPS) is 13.1. The molecule has 0 N–H and O–H groups in total. The molecule has 40 heavy (non-hydrogen) atoms. The van der Waals surface area contributed by atoms with Crippen molar-refractivity contribution >= 4 is 66.7 Å². The van der Waals surface area contributed by atoms with Crippen LogP contribution in [0.25, 0.3) is 66.1 Å². The number of hydrogen-bond acceptors (Lipinski definition) is 0. The van der Waals surface area contributed by atoms with E-state index >= 15 is 0 Å². The molecule has 0 aliphatic carbocycles. The first kappa shape index (κ1) is 20.9. The molecule has 0 amide bonds. The predicted molar refractivity (Wildman–Crippen MR) is 170 cm³/mol. The van der Waals surface area contributed by atoms with Gasteiger partial charge in [-0.25, -0.2) is 0 Å². The Labute approximate surface area is 231 Å². The van der Waals surface area contributed by atoms with Crippen molar-refractivity contribution in [2.24, 2.45) is 0 Å². The van der Waals surface area contributed by atoms with Gasteiger partial charge in [0.2, 0.25) is 0 Å². The summed E-state index contributed by atoms with van der Waals surface area (Å²) in [6.45, 7) is 2.36. The van der Waals surface area contributed by atoms with Crippen molar-refractivity contribution in [3.05, 3.63) is 127 Å². The van der Waals surface area contributed by atoms with E-state index in [-0.39, 0.29) is 6.71 Å². The smallest absolute Gasteiger partial charge is 0.252 e. The molecule has 2 aromatic heterocycles. The van der Waals surface area contributed by atoms with Crippen LogP contribution in [0.4, 0.5) is 0 Å². The summed E-state index contributed by atoms with van der Waals surface area (Å²) in [6.07, 6.45) is 0. The van der Waals surface area contributed by atoms with Crippen molar-refractivity contribution in [1.29, 1.82) is 0 Å². The zero-order chi connectivity index (χ0) is 26.1. The van der Waals surface area contributed by atoms with Crippen LogP contribution in [0.3, 0.4) is 0 Å². The number of benzene rings is 6. The molecule has 0 radical (unpaired) electrons. The van der Waals surface area contributed by atoms with Crippen molar-refractivity contribution < 1.29 is 0 Å². The van der Waals surface area contributed by atoms with Crippen LogP contribution in [0.15, 0.2) is 121 Å². The summed E-state index contributed by atoms with van der Waals surface area (Å²) in [6, 6.07) is 45.4. The number of aryl methyl sites for hydroxylation is 1. The molecule has 10 rings (SSSR count). The topological polar surface area (TPSA) is 9.86 Å². The summed E-state index contributed by atoms with van der Waals surface area (Å²) in [5, 5.41) is 5.30. The molecule has 2 aliphatic rings. The standard InChI is InChI=1S/C37H23BN2/c1-22-9-6-10-23(19-22)24-20-33-35-34(21-24)40-32-18-5-3-12-26(32)28-14-8-16-30(37(28)40)38(35)29-15-7-13-27-25-11-2-4-17-31(25)39(33)36(27)29/h2-21H,1H3. The number of para-hydroxylation sites is 4. The Morgan fingerprint density at radius 2 is 1.00 bits per heavy atom. The number of rotatable bonds is 1. The molecule has 0 atom stereocenters. The quantitative estimate of drug-likeness (QED) is 0.212. The second kappa shape index (κ2) is 7.14. The number of aromatic nitrogens is 2. The Morgan fingerprint density at radius 1 is 0.475 bits per heavy atom. The van der Waals surface area contributed by atoms with E-state index in [9.17, 15) is 0 Å². The van der Waals surface area contributed by atoms with Gasteiger partial charge in [0, 0.05) is 44.0 Å². The maximum absolute atomic E-state index is 2.55. The summed E-state index contributed by atoms with van der Waals surface area (Å²) in [4.78, 5) is 0. The van der Waals surface area contributed by atoms with E-state index in [0.29, 0.717) is 0 Å². The molecular weight excluding hydrogens is 483 g/mol. The Hall–Kier alpha value is -5.02. The van der Waals surface area contributed by atoms with E-state index in [1.54, 1.807) is 0 Å². The Morgan fingerprint density at radius 3 is 1.57 bits per heavy atom. The average molecular weight is 506 g/mol. The van der Waals surface area contributed by atoms with Gasteiger partial charge in [-0.1, -0.05) is 103 Å². The molecular formula is C37H23BN2. The molecule has 0 bridgehead atoms. The summed E-state index contributed by atoms with van der Waals surface area (Å²) < 4.78 is 5.09. The van der Waals surface area contributed by atoms with E-state index in [4.69, 9.17) is 0 Å². The number of hydrogen-bond donors (Lipinski definition) is 0. The third-order valence-electron chi connectivity index (χ3n) is 9.33. The molecule has 6 aromatic carbocycles. The highest BCUT2D eigenvalue weighted by Crippen LogP contribution is 2.40. The summed E-state index contributed by atoms with van der Waals surface area (Å²) in [5.74, 6) is 0. The van der Waals surface area contributed by atoms with E-state index in [2.05, 4.69) is 137 Å². The highest BCUT2D eigenvalue weighted by atomic mass is 15.0. The fourth-order valence-electron chi connectivity index (χ4n) is 7.82. The third kappa shape index (κ3) is 2.38. The molecule has 2 nitrogen and oxygen atoms in total. The van der Waals surface area contributed by atoms with Gasteiger partial charge in [0.05, 0.1) is 11.0 Å². The lowest BCUT2D eigenvalue weighted by atomic mass is 9.34.